The summed E-state index contributed by atoms with van der Waals surface area (Å²) in [6.45, 7) is 5.34. The van der Waals surface area contributed by atoms with E-state index in [1.807, 2.05) is 20.8 Å². The maximum absolute atomic E-state index is 12.2. The van der Waals surface area contributed by atoms with E-state index in [0.29, 0.717) is 0 Å². The van der Waals surface area contributed by atoms with Crippen molar-refractivity contribution in [3.8, 4) is 6.07 Å². The Morgan fingerprint density at radius 1 is 1.27 bits per heavy atom. The lowest BCUT2D eigenvalue weighted by atomic mass is 9.94. The first-order valence-corrected chi connectivity index (χ1v) is 5.00. The monoisotopic (exact) mass is 222 g/mol. The van der Waals surface area contributed by atoms with Crippen molar-refractivity contribution in [3.63, 3.8) is 0 Å². The molecule has 0 amide bonds. The van der Waals surface area contributed by atoms with Crippen molar-refractivity contribution >= 4 is 0 Å². The fourth-order valence-corrected chi connectivity index (χ4v) is 1.08. The van der Waals surface area contributed by atoms with Crippen LogP contribution >= 0.6 is 0 Å². The van der Waals surface area contributed by atoms with Crippen molar-refractivity contribution in [2.24, 2.45) is 5.92 Å². The second-order valence-corrected chi connectivity index (χ2v) is 3.87. The number of halogens is 3. The largest absolute Gasteiger partial charge is 0.405 e. The zero-order chi connectivity index (χ0) is 12.1. The molecule has 88 valence electrons. The van der Waals surface area contributed by atoms with E-state index in [4.69, 9.17) is 5.26 Å². The number of hydrogen-bond acceptors (Lipinski definition) is 2. The lowest BCUT2D eigenvalue weighted by Crippen LogP contribution is -2.45. The minimum atomic E-state index is -4.44. The summed E-state index contributed by atoms with van der Waals surface area (Å²) in [5.41, 5.74) is -0.319. The average molecular weight is 222 g/mol. The van der Waals surface area contributed by atoms with Gasteiger partial charge in [0.15, 0.2) is 5.92 Å². The van der Waals surface area contributed by atoms with Crippen molar-refractivity contribution in [2.45, 2.75) is 45.3 Å². The molecule has 0 saturated heterocycles. The van der Waals surface area contributed by atoms with Crippen LogP contribution in [-0.2, 0) is 0 Å². The van der Waals surface area contributed by atoms with E-state index >= 15 is 0 Å². The van der Waals surface area contributed by atoms with Gasteiger partial charge in [0.25, 0.3) is 0 Å². The van der Waals surface area contributed by atoms with E-state index in [0.717, 1.165) is 12.8 Å². The van der Waals surface area contributed by atoms with Crippen LogP contribution in [0.15, 0.2) is 0 Å². The number of nitrogens with zero attached hydrogens (tertiary/aromatic N) is 1. The highest BCUT2D eigenvalue weighted by molar-refractivity contribution is 4.92. The molecule has 1 unspecified atom stereocenters. The van der Waals surface area contributed by atoms with Crippen molar-refractivity contribution < 1.29 is 13.2 Å². The molecule has 0 heterocycles. The summed E-state index contributed by atoms with van der Waals surface area (Å²) in [7, 11) is 0. The summed E-state index contributed by atoms with van der Waals surface area (Å²) in [5.74, 6) is -1.92. The molecule has 0 aliphatic carbocycles. The third kappa shape index (κ3) is 4.52. The van der Waals surface area contributed by atoms with Crippen LogP contribution in [-0.4, -0.2) is 18.3 Å². The molecule has 0 aromatic heterocycles. The molecule has 0 spiro atoms. The highest BCUT2D eigenvalue weighted by Crippen LogP contribution is 2.26. The molecule has 0 bridgehead atoms. The second kappa shape index (κ2) is 5.36. The highest BCUT2D eigenvalue weighted by Gasteiger charge is 2.40. The summed E-state index contributed by atoms with van der Waals surface area (Å²) in [6, 6.07) is 1.28. The van der Waals surface area contributed by atoms with Crippen LogP contribution in [0.4, 0.5) is 13.2 Å². The van der Waals surface area contributed by atoms with Gasteiger partial charge in [-0.2, -0.15) is 18.4 Å². The number of alkyl halides is 3. The Balaban J connectivity index is 4.31. The predicted molar refractivity (Wildman–Crippen MR) is 52.1 cm³/mol. The SMILES string of the molecule is CCC(C)(CC)NCC(C#N)C(F)(F)F. The van der Waals surface area contributed by atoms with Gasteiger partial charge in [-0.25, -0.2) is 0 Å². The van der Waals surface area contributed by atoms with Gasteiger partial charge in [-0.1, -0.05) is 13.8 Å². The number of hydrogen-bond donors (Lipinski definition) is 1. The first kappa shape index (κ1) is 14.2. The number of nitriles is 1. The lowest BCUT2D eigenvalue weighted by molar-refractivity contribution is -0.158. The smallest absolute Gasteiger partial charge is 0.310 e. The van der Waals surface area contributed by atoms with Crippen molar-refractivity contribution in [3.05, 3.63) is 0 Å². The Kier molecular flexibility index (Phi) is 5.09. The average Bonchev–Trinajstić information content (AvgIpc) is 2.16. The summed E-state index contributed by atoms with van der Waals surface area (Å²) < 4.78 is 36.7. The summed E-state index contributed by atoms with van der Waals surface area (Å²) in [6.07, 6.45) is -2.97. The van der Waals surface area contributed by atoms with Crippen LogP contribution in [0.5, 0.6) is 0 Å². The molecule has 0 radical (unpaired) electrons. The maximum Gasteiger partial charge on any atom is 0.405 e. The Hall–Kier alpha value is -0.760. The molecule has 0 aromatic rings. The van der Waals surface area contributed by atoms with Gasteiger partial charge in [0.1, 0.15) is 0 Å². The standard InChI is InChI=1S/C10H17F3N2/c1-4-9(3,5-2)15-7-8(6-14)10(11,12)13/h8,15H,4-5,7H2,1-3H3. The molecular weight excluding hydrogens is 205 g/mol. The van der Waals surface area contributed by atoms with Gasteiger partial charge in [0.05, 0.1) is 6.07 Å². The van der Waals surface area contributed by atoms with Crippen LogP contribution in [0.1, 0.15) is 33.6 Å². The summed E-state index contributed by atoms with van der Waals surface area (Å²) in [4.78, 5) is 0. The number of nitrogens with one attached hydrogen (secondary N) is 1. The molecular formula is C10H17F3N2. The van der Waals surface area contributed by atoms with Gasteiger partial charge in [-0.05, 0) is 19.8 Å². The first-order valence-electron chi connectivity index (χ1n) is 5.00. The fourth-order valence-electron chi connectivity index (χ4n) is 1.08. The molecule has 0 saturated carbocycles. The van der Waals surface area contributed by atoms with E-state index < -0.39 is 12.1 Å². The minimum absolute atomic E-state index is 0.319. The van der Waals surface area contributed by atoms with Crippen molar-refractivity contribution in [2.75, 3.05) is 6.54 Å². The molecule has 0 aliphatic rings. The summed E-state index contributed by atoms with van der Waals surface area (Å²) >= 11 is 0. The molecule has 15 heavy (non-hydrogen) atoms. The molecule has 0 aliphatic heterocycles. The molecule has 5 heteroatoms. The Morgan fingerprint density at radius 3 is 2.00 bits per heavy atom. The van der Waals surface area contributed by atoms with Crippen LogP contribution in [0, 0.1) is 17.2 Å². The third-order valence-electron chi connectivity index (χ3n) is 2.84. The molecule has 1 atom stereocenters. The third-order valence-corrected chi connectivity index (χ3v) is 2.84. The second-order valence-electron chi connectivity index (χ2n) is 3.87. The minimum Gasteiger partial charge on any atom is -0.310 e. The Bertz CT molecular complexity index is 226. The van der Waals surface area contributed by atoms with Gasteiger partial charge >= 0.3 is 6.18 Å². The van der Waals surface area contributed by atoms with Gasteiger partial charge in [-0.15, -0.1) is 0 Å². The molecule has 0 fully saturated rings. The van der Waals surface area contributed by atoms with Crippen LogP contribution < -0.4 is 5.32 Å². The van der Waals surface area contributed by atoms with Crippen LogP contribution in [0.2, 0.25) is 0 Å². The van der Waals surface area contributed by atoms with Crippen LogP contribution in [0.25, 0.3) is 0 Å². The molecule has 2 nitrogen and oxygen atoms in total. The van der Waals surface area contributed by atoms with Gasteiger partial charge in [-0.3, -0.25) is 0 Å². The van der Waals surface area contributed by atoms with Crippen LogP contribution in [0.3, 0.4) is 0 Å². The molecule has 1 N–H and O–H groups in total. The molecule has 0 aromatic carbocycles. The van der Waals surface area contributed by atoms with E-state index in [2.05, 4.69) is 5.32 Å². The Morgan fingerprint density at radius 2 is 1.73 bits per heavy atom. The van der Waals surface area contributed by atoms with Gasteiger partial charge in [0, 0.05) is 12.1 Å². The maximum atomic E-state index is 12.2. The molecule has 0 rings (SSSR count). The van der Waals surface area contributed by atoms with Crippen molar-refractivity contribution in [1.82, 2.24) is 5.32 Å². The van der Waals surface area contributed by atoms with Gasteiger partial charge in [0.2, 0.25) is 0 Å². The predicted octanol–water partition coefficient (Wildman–Crippen LogP) is 2.86. The fraction of sp³-hybridized carbons (Fsp3) is 0.900. The zero-order valence-corrected chi connectivity index (χ0v) is 9.28. The number of rotatable bonds is 5. The van der Waals surface area contributed by atoms with E-state index in [-0.39, 0.29) is 12.1 Å². The lowest BCUT2D eigenvalue weighted by Gasteiger charge is -2.29. The summed E-state index contributed by atoms with van der Waals surface area (Å²) in [5, 5.41) is 11.2. The normalized spacial score (nSPS) is 14.7. The van der Waals surface area contributed by atoms with E-state index in [1.54, 1.807) is 0 Å². The van der Waals surface area contributed by atoms with E-state index in [1.165, 1.54) is 6.07 Å². The first-order chi connectivity index (χ1) is 6.79. The quantitative estimate of drug-likeness (QED) is 0.776. The van der Waals surface area contributed by atoms with Gasteiger partial charge < -0.3 is 5.32 Å². The Labute approximate surface area is 88.5 Å². The van der Waals surface area contributed by atoms with E-state index in [9.17, 15) is 13.2 Å². The topological polar surface area (TPSA) is 35.8 Å². The van der Waals surface area contributed by atoms with Crippen molar-refractivity contribution in [1.29, 1.82) is 5.26 Å². The highest BCUT2D eigenvalue weighted by atomic mass is 19.4. The zero-order valence-electron chi connectivity index (χ0n) is 9.28.